The lowest BCUT2D eigenvalue weighted by Crippen LogP contribution is -2.42. The first-order chi connectivity index (χ1) is 9.14. The van der Waals surface area contributed by atoms with Crippen molar-refractivity contribution in [1.29, 1.82) is 0 Å². The number of terminal acetylenes is 1. The molecule has 1 rings (SSSR count). The van der Waals surface area contributed by atoms with E-state index >= 15 is 0 Å². The molecule has 0 heterocycles. The van der Waals surface area contributed by atoms with E-state index in [0.29, 0.717) is 5.56 Å². The lowest BCUT2D eigenvalue weighted by atomic mass is 9.96. The molecule has 0 atom stereocenters. The molecule has 20 heavy (non-hydrogen) atoms. The van der Waals surface area contributed by atoms with Gasteiger partial charge in [-0.3, -0.25) is 4.79 Å². The highest BCUT2D eigenvalue weighted by atomic mass is 16.1. The Morgan fingerprint density at radius 2 is 1.80 bits per heavy atom. The topological polar surface area (TPSA) is 41.1 Å². The molecule has 0 bridgehead atoms. The average molecular weight is 272 g/mol. The Balaban J connectivity index is 2.91. The summed E-state index contributed by atoms with van der Waals surface area (Å²) in [5, 5.41) is 6.17. The highest BCUT2D eigenvalue weighted by molar-refractivity contribution is 6.00. The second-order valence-corrected chi connectivity index (χ2v) is 6.68. The van der Waals surface area contributed by atoms with E-state index in [1.54, 1.807) is 19.9 Å². The zero-order valence-corrected chi connectivity index (χ0v) is 13.0. The standard InChI is InChI=1S/C17H24N2O/c1-7-17(5,6)19-15(20)13-10-8-9-11-14(13)18-12-16(2,3)4/h1,8-11,18H,12H2,2-6H3,(H,19,20). The molecule has 1 aromatic carbocycles. The lowest BCUT2D eigenvalue weighted by molar-refractivity contribution is 0.0930. The Hall–Kier alpha value is -1.95. The summed E-state index contributed by atoms with van der Waals surface area (Å²) in [5.74, 6) is 2.40. The Kier molecular flexibility index (Phi) is 4.83. The number of carbonyl (C=O) groups is 1. The zero-order chi connectivity index (χ0) is 15.4. The van der Waals surface area contributed by atoms with Gasteiger partial charge in [0.25, 0.3) is 5.91 Å². The van der Waals surface area contributed by atoms with Gasteiger partial charge in [-0.05, 0) is 31.4 Å². The van der Waals surface area contributed by atoms with Crippen molar-refractivity contribution in [2.24, 2.45) is 5.41 Å². The van der Waals surface area contributed by atoms with Crippen LogP contribution in [-0.2, 0) is 0 Å². The Morgan fingerprint density at radius 1 is 1.20 bits per heavy atom. The summed E-state index contributed by atoms with van der Waals surface area (Å²) in [6, 6.07) is 7.46. The maximum Gasteiger partial charge on any atom is 0.254 e. The minimum Gasteiger partial charge on any atom is -0.384 e. The maximum absolute atomic E-state index is 12.3. The molecule has 0 fully saturated rings. The Labute approximate surface area is 122 Å². The van der Waals surface area contributed by atoms with Crippen LogP contribution in [0.15, 0.2) is 24.3 Å². The van der Waals surface area contributed by atoms with Gasteiger partial charge in [-0.1, -0.05) is 38.8 Å². The summed E-state index contributed by atoms with van der Waals surface area (Å²) in [6.07, 6.45) is 5.41. The number of para-hydroxylation sites is 1. The van der Waals surface area contributed by atoms with Crippen LogP contribution in [-0.4, -0.2) is 18.0 Å². The van der Waals surface area contributed by atoms with Gasteiger partial charge >= 0.3 is 0 Å². The van der Waals surface area contributed by atoms with E-state index in [2.05, 4.69) is 37.3 Å². The number of amides is 1. The van der Waals surface area contributed by atoms with Crippen LogP contribution in [0.4, 0.5) is 5.69 Å². The van der Waals surface area contributed by atoms with Crippen molar-refractivity contribution in [3.63, 3.8) is 0 Å². The molecule has 1 aromatic rings. The van der Waals surface area contributed by atoms with Crippen molar-refractivity contribution in [3.8, 4) is 12.3 Å². The molecule has 0 aliphatic rings. The normalized spacial score (nSPS) is 11.6. The summed E-state index contributed by atoms with van der Waals surface area (Å²) in [7, 11) is 0. The van der Waals surface area contributed by atoms with Crippen molar-refractivity contribution < 1.29 is 4.79 Å². The molecule has 0 saturated heterocycles. The summed E-state index contributed by atoms with van der Waals surface area (Å²) < 4.78 is 0. The predicted octanol–water partition coefficient (Wildman–Crippen LogP) is 3.29. The summed E-state index contributed by atoms with van der Waals surface area (Å²) in [6.45, 7) is 10.8. The highest BCUT2D eigenvalue weighted by Crippen LogP contribution is 2.19. The smallest absolute Gasteiger partial charge is 0.254 e. The Bertz CT molecular complexity index is 519. The molecule has 3 heteroatoms. The van der Waals surface area contributed by atoms with Crippen molar-refractivity contribution >= 4 is 11.6 Å². The minimum absolute atomic E-state index is 0.141. The van der Waals surface area contributed by atoms with Crippen LogP contribution >= 0.6 is 0 Å². The molecule has 2 N–H and O–H groups in total. The van der Waals surface area contributed by atoms with Gasteiger partial charge in [0, 0.05) is 12.2 Å². The van der Waals surface area contributed by atoms with Crippen LogP contribution in [0, 0.1) is 17.8 Å². The number of benzene rings is 1. The number of anilines is 1. The number of hydrogen-bond acceptors (Lipinski definition) is 2. The van der Waals surface area contributed by atoms with Crippen LogP contribution in [0.2, 0.25) is 0 Å². The molecule has 0 aromatic heterocycles. The SMILES string of the molecule is C#CC(C)(C)NC(=O)c1ccccc1NCC(C)(C)C. The molecule has 1 amide bonds. The van der Waals surface area contributed by atoms with E-state index in [-0.39, 0.29) is 11.3 Å². The zero-order valence-electron chi connectivity index (χ0n) is 13.0. The number of rotatable bonds is 4. The summed E-state index contributed by atoms with van der Waals surface area (Å²) >= 11 is 0. The molecule has 0 unspecified atom stereocenters. The third-order valence-corrected chi connectivity index (χ3v) is 2.77. The minimum atomic E-state index is -0.659. The van der Waals surface area contributed by atoms with Gasteiger partial charge in [0.15, 0.2) is 0 Å². The molecule has 108 valence electrons. The third kappa shape index (κ3) is 4.97. The average Bonchev–Trinajstić information content (AvgIpc) is 2.35. The molecular weight excluding hydrogens is 248 g/mol. The first-order valence-corrected chi connectivity index (χ1v) is 6.78. The van der Waals surface area contributed by atoms with Crippen LogP contribution in [0.3, 0.4) is 0 Å². The lowest BCUT2D eigenvalue weighted by Gasteiger charge is -2.23. The largest absolute Gasteiger partial charge is 0.384 e. The Morgan fingerprint density at radius 3 is 2.35 bits per heavy atom. The van der Waals surface area contributed by atoms with Gasteiger partial charge in [-0.15, -0.1) is 6.42 Å². The van der Waals surface area contributed by atoms with Gasteiger partial charge in [0.1, 0.15) is 0 Å². The first-order valence-electron chi connectivity index (χ1n) is 6.78. The van der Waals surface area contributed by atoms with E-state index in [9.17, 15) is 4.79 Å². The molecule has 3 nitrogen and oxygen atoms in total. The number of hydrogen-bond donors (Lipinski definition) is 2. The van der Waals surface area contributed by atoms with Gasteiger partial charge < -0.3 is 10.6 Å². The molecule has 0 saturated carbocycles. The second-order valence-electron chi connectivity index (χ2n) is 6.68. The van der Waals surface area contributed by atoms with Crippen LogP contribution < -0.4 is 10.6 Å². The van der Waals surface area contributed by atoms with E-state index in [1.807, 2.05) is 18.2 Å². The van der Waals surface area contributed by atoms with Gasteiger partial charge in [0.05, 0.1) is 11.1 Å². The van der Waals surface area contributed by atoms with E-state index in [4.69, 9.17) is 6.42 Å². The molecule has 0 aliphatic carbocycles. The molecule has 0 spiro atoms. The molecule has 0 aliphatic heterocycles. The van der Waals surface area contributed by atoms with Crippen molar-refractivity contribution in [2.75, 3.05) is 11.9 Å². The van der Waals surface area contributed by atoms with Crippen LogP contribution in [0.1, 0.15) is 45.0 Å². The highest BCUT2D eigenvalue weighted by Gasteiger charge is 2.20. The van der Waals surface area contributed by atoms with E-state index < -0.39 is 5.54 Å². The second kappa shape index (κ2) is 6.00. The maximum atomic E-state index is 12.3. The van der Waals surface area contributed by atoms with E-state index in [0.717, 1.165) is 12.2 Å². The van der Waals surface area contributed by atoms with Crippen molar-refractivity contribution in [2.45, 2.75) is 40.2 Å². The fraction of sp³-hybridized carbons (Fsp3) is 0.471. The fourth-order valence-electron chi connectivity index (χ4n) is 1.58. The third-order valence-electron chi connectivity index (χ3n) is 2.77. The summed E-state index contributed by atoms with van der Waals surface area (Å²) in [4.78, 5) is 12.3. The fourth-order valence-corrected chi connectivity index (χ4v) is 1.58. The van der Waals surface area contributed by atoms with E-state index in [1.165, 1.54) is 0 Å². The summed E-state index contributed by atoms with van der Waals surface area (Å²) in [5.41, 5.74) is 0.920. The van der Waals surface area contributed by atoms with Crippen molar-refractivity contribution in [3.05, 3.63) is 29.8 Å². The monoisotopic (exact) mass is 272 g/mol. The van der Waals surface area contributed by atoms with Gasteiger partial charge in [-0.2, -0.15) is 0 Å². The predicted molar refractivity (Wildman–Crippen MR) is 84.8 cm³/mol. The molecule has 0 radical (unpaired) electrons. The number of carbonyl (C=O) groups excluding carboxylic acids is 1. The van der Waals surface area contributed by atoms with Gasteiger partial charge in [-0.25, -0.2) is 0 Å². The van der Waals surface area contributed by atoms with Crippen LogP contribution in [0.25, 0.3) is 0 Å². The molecular formula is C17H24N2O. The quantitative estimate of drug-likeness (QED) is 0.826. The van der Waals surface area contributed by atoms with Crippen LogP contribution in [0.5, 0.6) is 0 Å². The number of nitrogens with one attached hydrogen (secondary N) is 2. The van der Waals surface area contributed by atoms with Gasteiger partial charge in [0.2, 0.25) is 0 Å². The first kappa shape index (κ1) is 16.1. The van der Waals surface area contributed by atoms with Crippen molar-refractivity contribution in [1.82, 2.24) is 5.32 Å².